The molecule has 19 heteroatoms. The topological polar surface area (TPSA) is 221 Å². The van der Waals surface area contributed by atoms with E-state index in [1.165, 1.54) is 244 Å². The number of hydrogen-bond acceptors (Lipinski definition) is 15. The van der Waals surface area contributed by atoms with Gasteiger partial charge in [-0.25, -0.2) is 0 Å². The van der Waals surface area contributed by atoms with Gasteiger partial charge in [0.2, 0.25) is 0 Å². The van der Waals surface area contributed by atoms with Crippen LogP contribution in [-0.4, -0.2) is 108 Å². The predicted octanol–water partition coefficient (Wildman–Crippen LogP) is 27.4. The fourth-order valence-electron chi connectivity index (χ4n) is 44.8. The van der Waals surface area contributed by atoms with Crippen LogP contribution in [-0.2, 0) is 52.3 Å². The van der Waals surface area contributed by atoms with Crippen LogP contribution in [0.4, 0.5) is 13.2 Å². The standard InChI is InChI=1S/C25H37F3O5S.C25H37NO2.C24H38O3.C23H33NO.C22H34O2/c1-23-12-9-17(32-15-31-2)14-16(23)5-6-18-19(23)10-13-24-11-3-4-22(21(24)8-7-20(18)24)33-34(29,30)25(26,27)28;1-24-12-9-19(28-16-27-2)14-18(24)5-6-20-22(24)10-13-25-11-3-4-17(15-26)21(25)7-8-23(20)25;1-23-12-9-17(27-15-26-2)14-16(23)5-6-18-19(23)10-13-24-11-3-4-22(25)21(24)8-7-20(18)24;1-22-11-8-17(25)13-16(22)4-5-18-20(22)9-12-23-10-2-3-15(14-24)19(23)6-7-21(18)23;1-21-11-8-15(23)13-14(21)4-5-16-17(21)9-12-22-10-2-3-20(24)19(22)7-6-18(16)22/h4,16-21H,3,5-15H2,1-2H3;4,18-23H,3,5-14,16H2,1-2H3;16-21H,3-15H2,1-2H3;3,16-21,25H,2,4-13H2,1H3;14-19,23H,2-13H2,1H3/t16-,17+,18?,19?,20?,21+,23-,24-;18-,19+,20?,21+,22?,23?,24-,25+;16-,17+,18?,19?,20?,21+,23-,24-;16-,17+,18?,19+,20?,21?,22-,23+;14-,15+,16?,17?,18?,19+,21-,22-/m00000/s1. The van der Waals surface area contributed by atoms with Gasteiger partial charge in [0.1, 0.15) is 37.7 Å². The lowest BCUT2D eigenvalue weighted by Gasteiger charge is -2.62. The molecule has 138 heavy (non-hydrogen) atoms. The molecule has 0 saturated heterocycles. The summed E-state index contributed by atoms with van der Waals surface area (Å²) in [6.45, 7) is 14.1. The molecule has 5 spiro atoms. The number of halogens is 3. The Morgan fingerprint density at radius 1 is 0.341 bits per heavy atom. The molecule has 25 aliphatic rings. The van der Waals surface area contributed by atoms with Crippen LogP contribution in [0.5, 0.6) is 0 Å². The minimum atomic E-state index is -5.63. The average molecular weight is 1930 g/mol. The fourth-order valence-corrected chi connectivity index (χ4v) is 45.3. The zero-order chi connectivity index (χ0) is 96.1. The summed E-state index contributed by atoms with van der Waals surface area (Å²) in [6, 6.07) is 5.15. The van der Waals surface area contributed by atoms with Gasteiger partial charge in [-0.3, -0.25) is 9.59 Å². The summed E-state index contributed by atoms with van der Waals surface area (Å²) in [5.74, 6) is 19.1. The van der Waals surface area contributed by atoms with E-state index in [-0.39, 0.29) is 40.8 Å². The van der Waals surface area contributed by atoms with Crippen LogP contribution in [0.3, 0.4) is 0 Å². The minimum Gasteiger partial charge on any atom is -0.393 e. The summed E-state index contributed by atoms with van der Waals surface area (Å²) in [6.07, 6.45) is 76.3. The van der Waals surface area contributed by atoms with Crippen molar-refractivity contribution >= 4 is 21.7 Å². The number of aliphatic hydroxyl groups is 2. The summed E-state index contributed by atoms with van der Waals surface area (Å²) in [7, 11) is -0.526. The highest BCUT2D eigenvalue weighted by Gasteiger charge is 2.71. The number of rotatable bonds is 11. The molecule has 0 amide bonds. The number of ether oxygens (including phenoxy) is 6. The first-order valence-electron chi connectivity index (χ1n) is 58.0. The maximum atomic E-state index is 13.0. The van der Waals surface area contributed by atoms with Gasteiger partial charge >= 0.3 is 15.6 Å². The first-order chi connectivity index (χ1) is 66.3. The van der Waals surface area contributed by atoms with E-state index in [0.717, 1.165) is 221 Å². The largest absolute Gasteiger partial charge is 0.534 e. The molecule has 0 heterocycles. The van der Waals surface area contributed by atoms with E-state index in [1.807, 2.05) is 0 Å². The van der Waals surface area contributed by atoms with Crippen molar-refractivity contribution in [2.24, 2.45) is 202 Å². The Balaban J connectivity index is 0.000000103. The van der Waals surface area contributed by atoms with Crippen LogP contribution in [0.1, 0.15) is 401 Å². The van der Waals surface area contributed by atoms with Crippen molar-refractivity contribution in [3.63, 3.8) is 0 Å². The van der Waals surface area contributed by atoms with Crippen LogP contribution in [0, 0.1) is 225 Å². The Labute approximate surface area is 828 Å². The third-order valence-corrected chi connectivity index (χ3v) is 51.6. The second kappa shape index (κ2) is 39.0. The molecule has 15 unspecified atom stereocenters. The molecule has 2 N–H and O–H groups in total. The highest BCUT2D eigenvalue weighted by molar-refractivity contribution is 7.87. The lowest BCUT2D eigenvalue weighted by Crippen LogP contribution is -2.55. The third-order valence-electron chi connectivity index (χ3n) is 50.6. The number of carbonyl (C=O) groups excluding carboxylic acids is 2. The second-order valence-electron chi connectivity index (χ2n) is 53.9. The normalized spacial score (nSPS) is 50.9. The van der Waals surface area contributed by atoms with Gasteiger partial charge in [0.05, 0.1) is 42.7 Å². The Morgan fingerprint density at radius 2 is 0.623 bits per heavy atom. The first-order valence-corrected chi connectivity index (χ1v) is 59.4. The highest BCUT2D eigenvalue weighted by atomic mass is 32.2. The minimum absolute atomic E-state index is 0.0397. The lowest BCUT2D eigenvalue weighted by atomic mass is 9.43. The van der Waals surface area contributed by atoms with Crippen molar-refractivity contribution in [2.75, 3.05) is 41.7 Å². The predicted molar refractivity (Wildman–Crippen MR) is 527 cm³/mol. The molecular weight excluding hydrogens is 1750 g/mol. The molecule has 22 saturated carbocycles. The Bertz CT molecular complexity index is 4690. The first kappa shape index (κ1) is 101. The molecule has 770 valence electrons. The summed E-state index contributed by atoms with van der Waals surface area (Å²) in [4.78, 5) is 25.3. The molecule has 0 bridgehead atoms. The third kappa shape index (κ3) is 16.7. The summed E-state index contributed by atoms with van der Waals surface area (Å²) in [5, 5.41) is 39.7. The quantitative estimate of drug-likeness (QED) is 0.112. The fraction of sp³-hybridized carbons (Fsp3) is 0.916. The number of methoxy groups -OCH3 is 3. The van der Waals surface area contributed by atoms with Crippen molar-refractivity contribution in [1.29, 1.82) is 10.5 Å². The molecule has 0 aromatic carbocycles. The molecule has 0 aliphatic heterocycles. The molecule has 25 aliphatic carbocycles. The van der Waals surface area contributed by atoms with Crippen LogP contribution < -0.4 is 0 Å². The number of allylic oxidation sites excluding steroid dienone is 6. The second-order valence-corrected chi connectivity index (χ2v) is 55.5. The summed E-state index contributed by atoms with van der Waals surface area (Å²) in [5.41, 5.74) is 0.779. The van der Waals surface area contributed by atoms with Gasteiger partial charge in [-0.15, -0.1) is 0 Å². The Morgan fingerprint density at radius 3 is 0.935 bits per heavy atom. The van der Waals surface area contributed by atoms with E-state index >= 15 is 0 Å². The molecule has 0 aromatic heterocycles. The van der Waals surface area contributed by atoms with Gasteiger partial charge in [-0.1, -0.05) is 46.8 Å². The number of nitrogens with zero attached hydrogens (tertiary/aromatic N) is 2. The number of alkyl halides is 3. The van der Waals surface area contributed by atoms with Crippen LogP contribution in [0.25, 0.3) is 0 Å². The Hall–Kier alpha value is -3.24. The SMILES string of the molecule is COCO[C@@H]1CC[C@]2(C)C3CC[C@]45CCC=C(C#N)[C@H]4CCC5C3CC[C@H]2C1.COCO[C@@H]1CC[C@]2(C)C3CC[C@]45CCC=C(OS(=O)(=O)C(F)(F)F)[C@H]4CCC5C3CC[C@H]2C1.COCO[C@@H]1CC[C@]2(C)C3CC[C@]45CCCC(=O)[C@H]4CCC5C3CC[C@H]2C1.C[C@]12CC[C@@H](O)C[C@@H]1CCC1C3CC[C@@H]4C(=O)CCC[C@]34CCC12.C[C@]12CC[C@@H](O)C[C@@H]1CCC1C3CC[C@@H]4C(C#N)=CCC[C@]34CCC12. The number of Topliss-reactive ketones (excluding diaryl/α,β-unsaturated/α-hetero) is 2. The summed E-state index contributed by atoms with van der Waals surface area (Å²) >= 11 is 0. The van der Waals surface area contributed by atoms with Crippen LogP contribution in [0.2, 0.25) is 0 Å². The van der Waals surface area contributed by atoms with E-state index < -0.39 is 15.6 Å². The van der Waals surface area contributed by atoms with Crippen molar-refractivity contribution in [1.82, 2.24) is 0 Å². The maximum Gasteiger partial charge on any atom is 0.534 e. The lowest BCUT2D eigenvalue weighted by molar-refractivity contribution is -0.161. The summed E-state index contributed by atoms with van der Waals surface area (Å²) < 4.78 is 101. The maximum absolute atomic E-state index is 13.0. The van der Waals surface area contributed by atoms with E-state index in [4.69, 9.17) is 32.6 Å². The van der Waals surface area contributed by atoms with Crippen molar-refractivity contribution < 1.29 is 74.0 Å². The number of carbonyl (C=O) groups is 2. The molecular formula is C119H179F3N2O13S. The molecule has 25 rings (SSSR count). The number of nitriles is 2. The molecule has 0 radical (unpaired) electrons. The van der Waals surface area contributed by atoms with E-state index in [0.29, 0.717) is 141 Å². The number of aliphatic hydroxyl groups excluding tert-OH is 2. The molecule has 40 atom stereocenters. The van der Waals surface area contributed by atoms with Gasteiger partial charge < -0.3 is 42.8 Å². The number of ketones is 2. The number of fused-ring (bicyclic) bond motifs is 20. The van der Waals surface area contributed by atoms with Gasteiger partial charge in [0.25, 0.3) is 0 Å². The van der Waals surface area contributed by atoms with E-state index in [2.05, 4.69) is 58.9 Å². The average Bonchev–Trinajstić information content (AvgIpc) is 1.47. The zero-order valence-corrected chi connectivity index (χ0v) is 87.1. The Kier molecular flexibility index (Phi) is 28.5. The molecule has 15 nitrogen and oxygen atoms in total. The monoisotopic (exact) mass is 1930 g/mol. The van der Waals surface area contributed by atoms with Crippen molar-refractivity contribution in [3.8, 4) is 12.1 Å². The molecule has 22 fully saturated rings. The smallest absolute Gasteiger partial charge is 0.393 e. The van der Waals surface area contributed by atoms with Gasteiger partial charge in [-0.05, 0) is 544 Å². The van der Waals surface area contributed by atoms with Crippen molar-refractivity contribution in [2.45, 2.75) is 437 Å². The van der Waals surface area contributed by atoms with Gasteiger partial charge in [-0.2, -0.15) is 32.1 Å². The van der Waals surface area contributed by atoms with Crippen LogP contribution >= 0.6 is 0 Å². The van der Waals surface area contributed by atoms with Crippen LogP contribution in [0.15, 0.2) is 35.1 Å². The molecule has 0 aromatic rings. The van der Waals surface area contributed by atoms with Gasteiger partial charge in [0, 0.05) is 63.1 Å². The van der Waals surface area contributed by atoms with E-state index in [9.17, 15) is 51.9 Å². The number of hydrogen-bond donors (Lipinski definition) is 2. The highest BCUT2D eigenvalue weighted by Crippen LogP contribution is 2.78. The van der Waals surface area contributed by atoms with Crippen molar-refractivity contribution in [3.05, 3.63) is 35.1 Å². The van der Waals surface area contributed by atoms with Gasteiger partial charge in [0.15, 0.2) is 0 Å². The zero-order valence-electron chi connectivity index (χ0n) is 86.3. The van der Waals surface area contributed by atoms with E-state index in [1.54, 1.807) is 27.4 Å².